The highest BCUT2D eigenvalue weighted by Crippen LogP contribution is 2.45. The summed E-state index contributed by atoms with van der Waals surface area (Å²) in [6.45, 7) is 17.6. The van der Waals surface area contributed by atoms with E-state index in [0.29, 0.717) is 48.6 Å². The maximum absolute atomic E-state index is 14.9. The van der Waals surface area contributed by atoms with E-state index in [2.05, 4.69) is 20.6 Å². The van der Waals surface area contributed by atoms with E-state index in [0.717, 1.165) is 0 Å². The number of alkyl halides is 1. The van der Waals surface area contributed by atoms with E-state index in [-0.39, 0.29) is 31.8 Å². The molecule has 3 fully saturated rings. The Labute approximate surface area is 447 Å². The molecule has 6 rings (SSSR count). The van der Waals surface area contributed by atoms with Gasteiger partial charge >= 0.3 is 5.97 Å². The number of aromatic nitrogens is 6. The molecule has 1 unspecified atom stereocenters. The number of cyclic esters (lactones) is 1. The monoisotopic (exact) mass is 1080 g/mol. The number of hydrogen-bond acceptors (Lipinski definition) is 19. The Morgan fingerprint density at radius 1 is 0.934 bits per heavy atom. The molecule has 0 spiro atoms. The first-order valence-electron chi connectivity index (χ1n) is 27.0. The molecule has 3 aliphatic rings. The van der Waals surface area contributed by atoms with Crippen molar-refractivity contribution in [2.45, 2.75) is 204 Å². The predicted octanol–water partition coefficient (Wildman–Crippen LogP) is 3.35. The predicted molar refractivity (Wildman–Crippen MR) is 278 cm³/mol. The van der Waals surface area contributed by atoms with E-state index < -0.39 is 127 Å². The number of benzene rings is 1. The molecule has 21 nitrogen and oxygen atoms in total. The van der Waals surface area contributed by atoms with Crippen molar-refractivity contribution < 1.29 is 68.2 Å². The maximum atomic E-state index is 14.9. The van der Waals surface area contributed by atoms with Crippen LogP contribution in [0.3, 0.4) is 0 Å². The third-order valence-electron chi connectivity index (χ3n) is 17.0. The molecular weight excluding hydrogens is 988 g/mol. The molecule has 0 aliphatic carbocycles. The van der Waals surface area contributed by atoms with Crippen molar-refractivity contribution in [2.24, 2.45) is 23.7 Å². The van der Waals surface area contributed by atoms with Crippen LogP contribution in [-0.4, -0.2) is 208 Å². The molecule has 5 heterocycles. The van der Waals surface area contributed by atoms with Gasteiger partial charge in [-0.3, -0.25) is 4.79 Å². The molecule has 0 saturated carbocycles. The normalized spacial score (nSPS) is 38.6. The second-order valence-electron chi connectivity index (χ2n) is 23.0. The average Bonchev–Trinajstić information content (AvgIpc) is 4.07. The van der Waals surface area contributed by atoms with Crippen molar-refractivity contribution in [1.82, 2.24) is 39.8 Å². The highest BCUT2D eigenvalue weighted by molar-refractivity contribution is 5.73. The van der Waals surface area contributed by atoms with Crippen LogP contribution < -0.4 is 0 Å². The Morgan fingerprint density at radius 2 is 1.61 bits per heavy atom. The minimum atomic E-state index is -1.84. The summed E-state index contributed by atoms with van der Waals surface area (Å²) in [5.41, 5.74) is -2.12. The van der Waals surface area contributed by atoms with Crippen LogP contribution in [0.1, 0.15) is 124 Å². The Balaban J connectivity index is 1.26. The molecular formula is C54H89FN8O13. The first-order valence-corrected chi connectivity index (χ1v) is 27.0. The van der Waals surface area contributed by atoms with Crippen LogP contribution in [0.25, 0.3) is 5.69 Å². The van der Waals surface area contributed by atoms with Crippen molar-refractivity contribution in [3.63, 3.8) is 0 Å². The third kappa shape index (κ3) is 13.5. The topological polar surface area (TPSA) is 262 Å². The van der Waals surface area contributed by atoms with Gasteiger partial charge in [0.15, 0.2) is 6.29 Å². The number of carbonyl (C=O) groups excluding carboxylic acids is 1. The smallest absolute Gasteiger partial charge is 0.309 e. The zero-order valence-corrected chi connectivity index (χ0v) is 47.1. The van der Waals surface area contributed by atoms with Crippen molar-refractivity contribution >= 4 is 5.97 Å². The fourth-order valence-electron chi connectivity index (χ4n) is 12.4. The van der Waals surface area contributed by atoms with E-state index in [1.165, 1.54) is 30.5 Å². The molecule has 2 aromatic heterocycles. The number of esters is 1. The summed E-state index contributed by atoms with van der Waals surface area (Å²) < 4.78 is 56.0. The number of hydrogen-bond donors (Lipinski definition) is 6. The number of carbonyl (C=O) groups is 1. The number of methoxy groups -OCH3 is 2. The standard InChI is InChI=1S/C54H89FN8O13/c1-15-43-54(10,70)47(66)34(6)61(12)26-30(2)23-52(8,69)49(32(4)44(33(5)50(68)75-43)42-24-53(9,72-14)48(67)35(7)74-42)76-51-45(65)40(22-31(3)73-51)60(11)21-20-37-27-63(59-56-37)41(25-55)46(71-13)36-16-18-39(19-17-36)62-28-38(29-64)57-58-62/h16-19,27-28,30-35,40-49,51,64-67,69-70H,15,20-26,29H2,1-14H3/t30-,31-,32+,33-,34-,35+,40+,41-,42-,43-,44?,45-,46-,47-,48+,49-,51+,52-,53-,54-/m1/s1. The maximum Gasteiger partial charge on any atom is 0.309 e. The first kappa shape index (κ1) is 61.6. The third-order valence-corrected chi connectivity index (χ3v) is 17.0. The van der Waals surface area contributed by atoms with E-state index in [4.69, 9.17) is 28.4 Å². The summed E-state index contributed by atoms with van der Waals surface area (Å²) >= 11 is 0. The number of aliphatic hydroxyl groups excluding tert-OH is 4. The van der Waals surface area contributed by atoms with Gasteiger partial charge in [-0.1, -0.05) is 50.3 Å². The lowest BCUT2D eigenvalue weighted by atomic mass is 9.68. The lowest BCUT2D eigenvalue weighted by molar-refractivity contribution is -0.302. The van der Waals surface area contributed by atoms with E-state index in [1.807, 2.05) is 56.8 Å². The largest absolute Gasteiger partial charge is 0.459 e. The van der Waals surface area contributed by atoms with Crippen LogP contribution in [-0.2, 0) is 46.2 Å². The fraction of sp³-hybridized carbons (Fsp3) is 0.796. The van der Waals surface area contributed by atoms with Gasteiger partial charge in [-0.05, 0) is 104 Å². The quantitative estimate of drug-likeness (QED) is 0.112. The Hall–Kier alpha value is -3.62. The molecule has 430 valence electrons. The van der Waals surface area contributed by atoms with Gasteiger partial charge in [0.2, 0.25) is 0 Å². The number of halogens is 1. The number of ether oxygens (including phenoxy) is 6. The van der Waals surface area contributed by atoms with Crippen LogP contribution in [0.5, 0.6) is 0 Å². The zero-order valence-electron chi connectivity index (χ0n) is 47.1. The first-order chi connectivity index (χ1) is 35.7. The molecule has 3 saturated heterocycles. The summed E-state index contributed by atoms with van der Waals surface area (Å²) in [5.74, 6) is -3.30. The molecule has 20 atom stereocenters. The molecule has 22 heteroatoms. The minimum absolute atomic E-state index is 0.164. The van der Waals surface area contributed by atoms with Crippen LogP contribution in [0.2, 0.25) is 0 Å². The van der Waals surface area contributed by atoms with Crippen molar-refractivity contribution in [1.29, 1.82) is 0 Å². The van der Waals surface area contributed by atoms with Gasteiger partial charge in [-0.2, -0.15) is 0 Å². The van der Waals surface area contributed by atoms with Crippen LogP contribution in [0.4, 0.5) is 4.39 Å². The Morgan fingerprint density at radius 3 is 2.21 bits per heavy atom. The number of nitrogens with zero attached hydrogens (tertiary/aromatic N) is 8. The Bertz CT molecular complexity index is 2290. The highest BCUT2D eigenvalue weighted by Gasteiger charge is 2.55. The Kier molecular flexibility index (Phi) is 20.8. The number of aliphatic hydroxyl groups is 6. The van der Waals surface area contributed by atoms with Crippen molar-refractivity contribution in [2.75, 3.05) is 48.1 Å². The van der Waals surface area contributed by atoms with Gasteiger partial charge in [-0.15, -0.1) is 10.2 Å². The fourth-order valence-corrected chi connectivity index (χ4v) is 12.4. The number of rotatable bonds is 16. The SMILES string of the molecule is CC[C@H]1OC(=O)[C@H](C)C([C@H]2C[C@@](C)(OC)[C@@H](O)[C@H](C)O2)[C@H](C)[C@@H](O[C@@H]2O[C@H](C)C[C@H](N(C)CCc3cn([C@H](CF)[C@H](OC)c4ccc(-n5cc(CO)nn5)cc4)nn3)[C@H]2O)[C@](C)(O)C[C@@H](C)CN(C)[C@H](C)[C@@H](O)[C@]1(C)O. The summed E-state index contributed by atoms with van der Waals surface area (Å²) in [7, 11) is 6.75. The van der Waals surface area contributed by atoms with Crippen molar-refractivity contribution in [3.05, 3.63) is 53.6 Å². The molecule has 0 amide bonds. The van der Waals surface area contributed by atoms with Crippen LogP contribution in [0, 0.1) is 23.7 Å². The molecule has 1 aromatic carbocycles. The number of likely N-dealkylation sites (N-methyl/N-ethyl adjacent to an activating group) is 2. The van der Waals surface area contributed by atoms with Gasteiger partial charge in [0.25, 0.3) is 0 Å². The summed E-state index contributed by atoms with van der Waals surface area (Å²) in [4.78, 5) is 18.6. The minimum Gasteiger partial charge on any atom is -0.459 e. The summed E-state index contributed by atoms with van der Waals surface area (Å²) in [5, 5.41) is 86.4. The van der Waals surface area contributed by atoms with E-state index in [1.54, 1.807) is 66.1 Å². The zero-order chi connectivity index (χ0) is 56.2. The molecule has 3 aromatic rings. The second kappa shape index (κ2) is 25.7. The molecule has 76 heavy (non-hydrogen) atoms. The van der Waals surface area contributed by atoms with Gasteiger partial charge in [-0.25, -0.2) is 13.8 Å². The van der Waals surface area contributed by atoms with Crippen LogP contribution >= 0.6 is 0 Å². The van der Waals surface area contributed by atoms with Gasteiger partial charge in [0, 0.05) is 64.3 Å². The summed E-state index contributed by atoms with van der Waals surface area (Å²) in [6, 6.07) is 5.32. The average molecular weight is 1080 g/mol. The van der Waals surface area contributed by atoms with Crippen LogP contribution in [0.15, 0.2) is 36.7 Å². The van der Waals surface area contributed by atoms with E-state index >= 15 is 0 Å². The van der Waals surface area contributed by atoms with Gasteiger partial charge in [0.05, 0.1) is 65.7 Å². The van der Waals surface area contributed by atoms with Gasteiger partial charge in [0.1, 0.15) is 54.5 Å². The van der Waals surface area contributed by atoms with Crippen molar-refractivity contribution in [3.8, 4) is 5.69 Å². The lowest BCUT2D eigenvalue weighted by Crippen LogP contribution is -2.62. The molecule has 3 aliphatic heterocycles. The van der Waals surface area contributed by atoms with Gasteiger partial charge < -0.3 is 68.9 Å². The molecule has 0 bridgehead atoms. The molecule has 0 radical (unpaired) electrons. The lowest BCUT2D eigenvalue weighted by Gasteiger charge is -2.51. The van der Waals surface area contributed by atoms with E-state index in [9.17, 15) is 39.8 Å². The molecule has 6 N–H and O–H groups in total. The highest BCUT2D eigenvalue weighted by atomic mass is 19.1. The second-order valence-corrected chi connectivity index (χ2v) is 23.0. The summed E-state index contributed by atoms with van der Waals surface area (Å²) in [6.07, 6.45) is -4.85.